The summed E-state index contributed by atoms with van der Waals surface area (Å²) >= 11 is 0. The van der Waals surface area contributed by atoms with Gasteiger partial charge in [-0.3, -0.25) is 4.90 Å². The molecule has 0 bridgehead atoms. The lowest BCUT2D eigenvalue weighted by Crippen LogP contribution is -2.40. The molecule has 0 aliphatic carbocycles. The van der Waals surface area contributed by atoms with Gasteiger partial charge in [-0.25, -0.2) is 0 Å². The van der Waals surface area contributed by atoms with Crippen LogP contribution in [0, 0.1) is 0 Å². The number of halogens is 3. The second-order valence-corrected chi connectivity index (χ2v) is 6.64. The first-order valence-electron chi connectivity index (χ1n) is 7.35. The number of hydrogen-bond donors (Lipinski definition) is 1. The van der Waals surface area contributed by atoms with E-state index in [9.17, 15) is 13.2 Å². The van der Waals surface area contributed by atoms with Gasteiger partial charge in [-0.2, -0.15) is 13.2 Å². The Morgan fingerprint density at radius 3 is 2.40 bits per heavy atom. The van der Waals surface area contributed by atoms with Crippen molar-refractivity contribution in [2.45, 2.75) is 64.7 Å². The van der Waals surface area contributed by atoms with Crippen LogP contribution in [-0.2, 0) is 0 Å². The quantitative estimate of drug-likeness (QED) is 0.613. The molecule has 1 aliphatic rings. The Labute approximate surface area is 120 Å². The summed E-state index contributed by atoms with van der Waals surface area (Å²) in [5, 5.41) is 3.43. The lowest BCUT2D eigenvalue weighted by Gasteiger charge is -2.32. The first-order valence-corrected chi connectivity index (χ1v) is 7.35. The predicted molar refractivity (Wildman–Crippen MR) is 76.8 cm³/mol. The van der Waals surface area contributed by atoms with Crippen LogP contribution in [0.5, 0.6) is 0 Å². The van der Waals surface area contributed by atoms with E-state index in [4.69, 9.17) is 0 Å². The zero-order valence-electron chi connectivity index (χ0n) is 13.0. The second kappa shape index (κ2) is 6.94. The van der Waals surface area contributed by atoms with Crippen molar-refractivity contribution in [3.8, 4) is 0 Å². The smallest absolute Gasteiger partial charge is 0.312 e. The highest BCUT2D eigenvalue weighted by molar-refractivity contribution is 5.13. The van der Waals surface area contributed by atoms with Crippen LogP contribution in [0.25, 0.3) is 0 Å². The molecular weight excluding hydrogens is 265 g/mol. The summed E-state index contributed by atoms with van der Waals surface area (Å²) in [6.07, 6.45) is -0.628. The van der Waals surface area contributed by atoms with Crippen LogP contribution in [0.15, 0.2) is 11.6 Å². The Morgan fingerprint density at radius 2 is 1.95 bits per heavy atom. The molecular formula is C15H27F3N2. The van der Waals surface area contributed by atoms with Crippen molar-refractivity contribution in [3.63, 3.8) is 0 Å². The molecule has 20 heavy (non-hydrogen) atoms. The highest BCUT2D eigenvalue weighted by Gasteiger charge is 2.35. The molecule has 5 heteroatoms. The fourth-order valence-corrected chi connectivity index (χ4v) is 2.39. The zero-order valence-corrected chi connectivity index (χ0v) is 13.0. The molecule has 118 valence electrons. The summed E-state index contributed by atoms with van der Waals surface area (Å²) in [4.78, 5) is 2.13. The minimum absolute atomic E-state index is 0.119. The van der Waals surface area contributed by atoms with Gasteiger partial charge in [-0.05, 0) is 53.5 Å². The van der Waals surface area contributed by atoms with Gasteiger partial charge in [0, 0.05) is 30.2 Å². The fourth-order valence-electron chi connectivity index (χ4n) is 2.39. The molecule has 0 amide bonds. The molecule has 1 N–H and O–H groups in total. The maximum Gasteiger partial charge on any atom is 0.412 e. The molecule has 1 aliphatic heterocycles. The van der Waals surface area contributed by atoms with E-state index in [-0.39, 0.29) is 17.5 Å². The second-order valence-electron chi connectivity index (χ2n) is 6.64. The molecule has 0 aromatic carbocycles. The predicted octanol–water partition coefficient (Wildman–Crippen LogP) is 3.74. The number of nitrogens with one attached hydrogen (secondary N) is 1. The normalized spacial score (nSPS) is 19.9. The van der Waals surface area contributed by atoms with E-state index in [2.05, 4.69) is 37.9 Å². The topological polar surface area (TPSA) is 15.3 Å². The van der Waals surface area contributed by atoms with Gasteiger partial charge in [0.15, 0.2) is 0 Å². The molecule has 1 rings (SSSR count). The Balaban J connectivity index is 2.29. The minimum Gasteiger partial charge on any atom is -0.312 e. The first-order chi connectivity index (χ1) is 9.09. The van der Waals surface area contributed by atoms with Crippen molar-refractivity contribution in [2.75, 3.05) is 19.6 Å². The van der Waals surface area contributed by atoms with Crippen LogP contribution in [0.1, 0.15) is 47.0 Å². The molecule has 1 heterocycles. The Bertz CT molecular complexity index is 329. The van der Waals surface area contributed by atoms with Crippen molar-refractivity contribution in [3.05, 3.63) is 11.6 Å². The van der Waals surface area contributed by atoms with Gasteiger partial charge in [-0.15, -0.1) is 0 Å². The van der Waals surface area contributed by atoms with E-state index in [1.165, 1.54) is 6.08 Å². The van der Waals surface area contributed by atoms with Gasteiger partial charge in [-0.1, -0.05) is 6.08 Å². The van der Waals surface area contributed by atoms with Crippen LogP contribution < -0.4 is 5.32 Å². The third kappa shape index (κ3) is 6.27. The molecule has 0 radical (unpaired) electrons. The van der Waals surface area contributed by atoms with Crippen LogP contribution in [0.3, 0.4) is 0 Å². The van der Waals surface area contributed by atoms with E-state index in [1.54, 1.807) is 0 Å². The summed E-state index contributed by atoms with van der Waals surface area (Å²) in [6, 6.07) is 0.336. The summed E-state index contributed by atoms with van der Waals surface area (Å²) in [5.74, 6) is 0. The van der Waals surface area contributed by atoms with E-state index in [0.29, 0.717) is 19.1 Å². The van der Waals surface area contributed by atoms with E-state index >= 15 is 0 Å². The molecule has 0 aromatic heterocycles. The largest absolute Gasteiger partial charge is 0.412 e. The lowest BCUT2D eigenvalue weighted by molar-refractivity contribution is -0.0963. The molecule has 0 saturated heterocycles. The van der Waals surface area contributed by atoms with Crippen LogP contribution >= 0.6 is 0 Å². The summed E-state index contributed by atoms with van der Waals surface area (Å²) in [7, 11) is 0. The third-order valence-electron chi connectivity index (χ3n) is 3.68. The molecule has 1 atom stereocenters. The van der Waals surface area contributed by atoms with Gasteiger partial charge in [0.2, 0.25) is 0 Å². The standard InChI is InChI=1S/C15H27F3N2/c1-12(6-5-9-19-14(2,3)4)20-10-7-13(8-11-20)15(16,17)18/h7,12,19H,5-6,8-11H2,1-4H3. The van der Waals surface area contributed by atoms with Gasteiger partial charge >= 0.3 is 6.18 Å². The molecule has 0 saturated carbocycles. The lowest BCUT2D eigenvalue weighted by atomic mass is 10.0. The Morgan fingerprint density at radius 1 is 1.30 bits per heavy atom. The number of hydrogen-bond acceptors (Lipinski definition) is 2. The van der Waals surface area contributed by atoms with Crippen molar-refractivity contribution in [1.82, 2.24) is 10.2 Å². The maximum absolute atomic E-state index is 12.5. The average molecular weight is 292 g/mol. The van der Waals surface area contributed by atoms with E-state index in [0.717, 1.165) is 19.4 Å². The molecule has 0 aromatic rings. The SMILES string of the molecule is CC(CCCNC(C)(C)C)N1CC=C(C(F)(F)F)CC1. The number of alkyl halides is 3. The van der Waals surface area contributed by atoms with Crippen molar-refractivity contribution in [1.29, 1.82) is 0 Å². The summed E-state index contributed by atoms with van der Waals surface area (Å²) in [6.45, 7) is 10.4. The first kappa shape index (κ1) is 17.5. The van der Waals surface area contributed by atoms with E-state index < -0.39 is 6.18 Å². The zero-order chi connectivity index (χ0) is 15.4. The van der Waals surface area contributed by atoms with Crippen molar-refractivity contribution in [2.24, 2.45) is 0 Å². The minimum atomic E-state index is -4.15. The van der Waals surface area contributed by atoms with Gasteiger partial charge in [0.05, 0.1) is 0 Å². The van der Waals surface area contributed by atoms with Gasteiger partial charge in [0.25, 0.3) is 0 Å². The molecule has 0 spiro atoms. The third-order valence-corrected chi connectivity index (χ3v) is 3.68. The van der Waals surface area contributed by atoms with Crippen molar-refractivity contribution >= 4 is 0 Å². The number of nitrogens with zero attached hydrogens (tertiary/aromatic N) is 1. The summed E-state index contributed by atoms with van der Waals surface area (Å²) < 4.78 is 37.6. The van der Waals surface area contributed by atoms with E-state index in [1.807, 2.05) is 0 Å². The monoisotopic (exact) mass is 292 g/mol. The summed E-state index contributed by atoms with van der Waals surface area (Å²) in [5.41, 5.74) is -0.242. The van der Waals surface area contributed by atoms with Gasteiger partial charge in [0.1, 0.15) is 0 Å². The Kier molecular flexibility index (Phi) is 6.07. The van der Waals surface area contributed by atoms with Crippen molar-refractivity contribution < 1.29 is 13.2 Å². The Hall–Kier alpha value is -0.550. The highest BCUT2D eigenvalue weighted by atomic mass is 19.4. The van der Waals surface area contributed by atoms with Gasteiger partial charge < -0.3 is 5.32 Å². The van der Waals surface area contributed by atoms with Crippen LogP contribution in [-0.4, -0.2) is 42.3 Å². The van der Waals surface area contributed by atoms with Crippen LogP contribution in [0.2, 0.25) is 0 Å². The maximum atomic E-state index is 12.5. The average Bonchev–Trinajstić information content (AvgIpc) is 2.32. The highest BCUT2D eigenvalue weighted by Crippen LogP contribution is 2.30. The molecule has 1 unspecified atom stereocenters. The fraction of sp³-hybridized carbons (Fsp3) is 0.867. The van der Waals surface area contributed by atoms with Crippen LogP contribution in [0.4, 0.5) is 13.2 Å². The molecule has 0 fully saturated rings. The molecule has 2 nitrogen and oxygen atoms in total. The number of rotatable bonds is 5.